The Bertz CT molecular complexity index is 582. The zero-order chi connectivity index (χ0) is 15.2. The highest BCUT2D eigenvalue weighted by Crippen LogP contribution is 2.18. The van der Waals surface area contributed by atoms with Crippen LogP contribution in [-0.4, -0.2) is 28.7 Å². The predicted octanol–water partition coefficient (Wildman–Crippen LogP) is 2.78. The Hall–Kier alpha value is -1.94. The van der Waals surface area contributed by atoms with Crippen LogP contribution in [0, 0.1) is 0 Å². The molecule has 2 aromatic heterocycles. The van der Waals surface area contributed by atoms with Gasteiger partial charge in [-0.15, -0.1) is 0 Å². The molecule has 1 N–H and O–H groups in total. The maximum atomic E-state index is 6.06. The molecule has 1 saturated heterocycles. The molecule has 22 heavy (non-hydrogen) atoms. The van der Waals surface area contributed by atoms with Crippen molar-refractivity contribution in [3.8, 4) is 5.75 Å². The molecule has 1 fully saturated rings. The van der Waals surface area contributed by atoms with Crippen molar-refractivity contribution >= 4 is 0 Å². The van der Waals surface area contributed by atoms with Gasteiger partial charge in [0.05, 0.1) is 6.20 Å². The molecular formula is C18H23N3O. The van der Waals surface area contributed by atoms with Gasteiger partial charge in [0.25, 0.3) is 0 Å². The third kappa shape index (κ3) is 4.04. The number of hydrogen-bond acceptors (Lipinski definition) is 4. The fourth-order valence-corrected chi connectivity index (χ4v) is 2.91. The molecule has 0 amide bonds. The van der Waals surface area contributed by atoms with Crippen molar-refractivity contribution in [1.82, 2.24) is 15.3 Å². The molecule has 3 rings (SSSR count). The zero-order valence-corrected chi connectivity index (χ0v) is 13.0. The molecule has 4 heteroatoms. The van der Waals surface area contributed by atoms with Crippen molar-refractivity contribution < 1.29 is 4.74 Å². The molecule has 0 aliphatic carbocycles. The minimum atomic E-state index is 0.180. The highest BCUT2D eigenvalue weighted by molar-refractivity contribution is 5.25. The average molecular weight is 297 g/mol. The smallest absolute Gasteiger partial charge is 0.138 e. The summed E-state index contributed by atoms with van der Waals surface area (Å²) in [6.45, 7) is 3.23. The number of rotatable bonds is 6. The number of aryl methyl sites for hydroxylation is 2. The number of aromatic nitrogens is 2. The summed E-state index contributed by atoms with van der Waals surface area (Å²) < 4.78 is 6.06. The van der Waals surface area contributed by atoms with Crippen molar-refractivity contribution in [2.24, 2.45) is 0 Å². The van der Waals surface area contributed by atoms with Gasteiger partial charge >= 0.3 is 0 Å². The van der Waals surface area contributed by atoms with Crippen molar-refractivity contribution in [1.29, 1.82) is 0 Å². The second-order valence-corrected chi connectivity index (χ2v) is 5.91. The van der Waals surface area contributed by atoms with Gasteiger partial charge in [-0.25, -0.2) is 0 Å². The highest BCUT2D eigenvalue weighted by atomic mass is 16.5. The van der Waals surface area contributed by atoms with E-state index >= 15 is 0 Å². The molecule has 2 aromatic rings. The first-order chi connectivity index (χ1) is 10.8. The fraction of sp³-hybridized carbons (Fsp3) is 0.444. The molecule has 3 heterocycles. The van der Waals surface area contributed by atoms with Crippen LogP contribution in [0.4, 0.5) is 0 Å². The lowest BCUT2D eigenvalue weighted by Gasteiger charge is -2.21. The first-order valence-corrected chi connectivity index (χ1v) is 8.04. The van der Waals surface area contributed by atoms with E-state index in [2.05, 4.69) is 40.4 Å². The van der Waals surface area contributed by atoms with Crippen LogP contribution >= 0.6 is 0 Å². The molecule has 0 radical (unpaired) electrons. The molecule has 1 aliphatic rings. The summed E-state index contributed by atoms with van der Waals surface area (Å²) in [5.41, 5.74) is 2.51. The van der Waals surface area contributed by atoms with Crippen molar-refractivity contribution in [2.45, 2.75) is 44.8 Å². The standard InChI is InChI=1S/C18H23N3O/c1-14(18-3-2-8-21-18)22-17-11-16(12-20-13-17)5-4-15-6-9-19-10-7-15/h6-7,9-14,18,21H,2-5,8H2,1H3/t14?,18-/m0/s1. The van der Waals surface area contributed by atoms with Gasteiger partial charge in [0.15, 0.2) is 0 Å². The lowest BCUT2D eigenvalue weighted by Crippen LogP contribution is -2.36. The van der Waals surface area contributed by atoms with Gasteiger partial charge in [-0.2, -0.15) is 0 Å². The predicted molar refractivity (Wildman–Crippen MR) is 87.0 cm³/mol. The molecule has 0 aromatic carbocycles. The summed E-state index contributed by atoms with van der Waals surface area (Å²) in [5, 5.41) is 3.49. The Morgan fingerprint density at radius 2 is 2.00 bits per heavy atom. The maximum absolute atomic E-state index is 6.06. The summed E-state index contributed by atoms with van der Waals surface area (Å²) in [5.74, 6) is 0.869. The third-order valence-electron chi connectivity index (χ3n) is 4.21. The van der Waals surface area contributed by atoms with Crippen LogP contribution in [-0.2, 0) is 12.8 Å². The third-order valence-corrected chi connectivity index (χ3v) is 4.21. The normalized spacial score (nSPS) is 19.0. The van der Waals surface area contributed by atoms with Crippen LogP contribution in [0.3, 0.4) is 0 Å². The van der Waals surface area contributed by atoms with Crippen molar-refractivity contribution in [2.75, 3.05) is 6.54 Å². The topological polar surface area (TPSA) is 47.0 Å². The highest BCUT2D eigenvalue weighted by Gasteiger charge is 2.22. The van der Waals surface area contributed by atoms with Crippen LogP contribution in [0.1, 0.15) is 30.9 Å². The van der Waals surface area contributed by atoms with Crippen LogP contribution in [0.15, 0.2) is 43.0 Å². The summed E-state index contributed by atoms with van der Waals surface area (Å²) in [6.07, 6.45) is 12.0. The Balaban J connectivity index is 1.57. The Morgan fingerprint density at radius 1 is 1.18 bits per heavy atom. The van der Waals surface area contributed by atoms with Gasteiger partial charge in [-0.05, 0) is 68.5 Å². The monoisotopic (exact) mass is 297 g/mol. The van der Waals surface area contributed by atoms with Crippen LogP contribution in [0.2, 0.25) is 0 Å². The van der Waals surface area contributed by atoms with Crippen LogP contribution in [0.25, 0.3) is 0 Å². The van der Waals surface area contributed by atoms with E-state index in [1.807, 2.05) is 18.6 Å². The van der Waals surface area contributed by atoms with Gasteiger partial charge < -0.3 is 10.1 Å². The van der Waals surface area contributed by atoms with Crippen LogP contribution in [0.5, 0.6) is 5.75 Å². The largest absolute Gasteiger partial charge is 0.487 e. The number of ether oxygens (including phenoxy) is 1. The van der Waals surface area contributed by atoms with E-state index < -0.39 is 0 Å². The van der Waals surface area contributed by atoms with E-state index in [1.54, 1.807) is 6.20 Å². The molecule has 0 spiro atoms. The molecule has 1 aliphatic heterocycles. The van der Waals surface area contributed by atoms with E-state index in [9.17, 15) is 0 Å². The Kier molecular flexibility index (Phi) is 5.01. The number of nitrogens with one attached hydrogen (secondary N) is 1. The second-order valence-electron chi connectivity index (χ2n) is 5.91. The lowest BCUT2D eigenvalue weighted by molar-refractivity contribution is 0.179. The average Bonchev–Trinajstić information content (AvgIpc) is 3.09. The number of nitrogens with zero attached hydrogens (tertiary/aromatic N) is 2. The SMILES string of the molecule is CC(Oc1cncc(CCc2ccncc2)c1)[C@@H]1CCCN1. The molecule has 1 unspecified atom stereocenters. The van der Waals surface area contributed by atoms with Crippen molar-refractivity contribution in [3.05, 3.63) is 54.1 Å². The number of hydrogen-bond donors (Lipinski definition) is 1. The van der Waals surface area contributed by atoms with E-state index in [0.717, 1.165) is 25.1 Å². The molecule has 4 nitrogen and oxygen atoms in total. The van der Waals surface area contributed by atoms with Crippen molar-refractivity contribution in [3.63, 3.8) is 0 Å². The molecule has 2 atom stereocenters. The van der Waals surface area contributed by atoms with Gasteiger partial charge in [-0.1, -0.05) is 0 Å². The van der Waals surface area contributed by atoms with Gasteiger partial charge in [0.1, 0.15) is 11.9 Å². The Morgan fingerprint density at radius 3 is 2.77 bits per heavy atom. The molecule has 0 saturated carbocycles. The van der Waals surface area contributed by atoms with E-state index in [1.165, 1.54) is 24.0 Å². The quantitative estimate of drug-likeness (QED) is 0.890. The maximum Gasteiger partial charge on any atom is 0.138 e. The molecule has 0 bridgehead atoms. The van der Waals surface area contributed by atoms with E-state index in [0.29, 0.717) is 6.04 Å². The summed E-state index contributed by atoms with van der Waals surface area (Å²) in [7, 11) is 0. The Labute approximate surface area is 132 Å². The fourth-order valence-electron chi connectivity index (χ4n) is 2.91. The lowest BCUT2D eigenvalue weighted by atomic mass is 10.1. The van der Waals surface area contributed by atoms with Gasteiger partial charge in [0, 0.05) is 24.6 Å². The van der Waals surface area contributed by atoms with Gasteiger partial charge in [-0.3, -0.25) is 9.97 Å². The summed E-state index contributed by atoms with van der Waals surface area (Å²) >= 11 is 0. The molecular weight excluding hydrogens is 274 g/mol. The second kappa shape index (κ2) is 7.36. The first-order valence-electron chi connectivity index (χ1n) is 8.04. The van der Waals surface area contributed by atoms with Crippen LogP contribution < -0.4 is 10.1 Å². The molecule has 116 valence electrons. The zero-order valence-electron chi connectivity index (χ0n) is 13.0. The van der Waals surface area contributed by atoms with E-state index in [-0.39, 0.29) is 6.10 Å². The first kappa shape index (κ1) is 15.0. The minimum Gasteiger partial charge on any atom is -0.487 e. The van der Waals surface area contributed by atoms with Gasteiger partial charge in [0.2, 0.25) is 0 Å². The van der Waals surface area contributed by atoms with E-state index in [4.69, 9.17) is 4.74 Å². The minimum absolute atomic E-state index is 0.180. The summed E-state index contributed by atoms with van der Waals surface area (Å²) in [6, 6.07) is 6.68. The summed E-state index contributed by atoms with van der Waals surface area (Å²) in [4.78, 5) is 8.37. The number of pyridine rings is 2.